The third-order valence-corrected chi connectivity index (χ3v) is 4.19. The van der Waals surface area contributed by atoms with Crippen molar-refractivity contribution in [3.63, 3.8) is 0 Å². The van der Waals surface area contributed by atoms with E-state index in [1.54, 1.807) is 19.1 Å². The molecule has 0 radical (unpaired) electrons. The average molecular weight is 301 g/mol. The van der Waals surface area contributed by atoms with Crippen molar-refractivity contribution >= 4 is 21.4 Å². The van der Waals surface area contributed by atoms with Gasteiger partial charge in [0.25, 0.3) is 5.69 Å². The Morgan fingerprint density at radius 2 is 1.90 bits per heavy atom. The van der Waals surface area contributed by atoms with Gasteiger partial charge in [-0.15, -0.1) is 0 Å². The molecule has 1 aromatic rings. The van der Waals surface area contributed by atoms with Crippen LogP contribution in [0, 0.1) is 10.1 Å². The summed E-state index contributed by atoms with van der Waals surface area (Å²) in [6, 6.07) is 6.12. The fourth-order valence-corrected chi connectivity index (χ4v) is 2.68. The third kappa shape index (κ3) is 5.14. The summed E-state index contributed by atoms with van der Waals surface area (Å²) in [6.45, 7) is 3.31. The first kappa shape index (κ1) is 16.4. The average Bonchev–Trinajstić information content (AvgIpc) is 2.37. The molecule has 0 heterocycles. The monoisotopic (exact) mass is 301 g/mol. The lowest BCUT2D eigenvalue weighted by Crippen LogP contribution is -2.31. The topological polar surface area (TPSA) is 92.5 Å². The second kappa shape index (κ2) is 7.20. The van der Waals surface area contributed by atoms with Gasteiger partial charge in [-0.1, -0.05) is 6.92 Å². The van der Waals surface area contributed by atoms with Crippen molar-refractivity contribution in [3.8, 4) is 0 Å². The molecule has 0 aliphatic carbocycles. The van der Waals surface area contributed by atoms with Gasteiger partial charge in [-0.05, 0) is 18.6 Å². The maximum atomic E-state index is 11.4. The number of nitrogens with zero attached hydrogens (tertiary/aromatic N) is 2. The van der Waals surface area contributed by atoms with Crippen molar-refractivity contribution in [3.05, 3.63) is 34.4 Å². The summed E-state index contributed by atoms with van der Waals surface area (Å²) in [5, 5.41) is 13.6. The Hall–Kier alpha value is -1.67. The molecule has 0 unspecified atom stereocenters. The summed E-state index contributed by atoms with van der Waals surface area (Å²) < 4.78 is 24.1. The number of benzene rings is 1. The third-order valence-electron chi connectivity index (χ3n) is 2.81. The van der Waals surface area contributed by atoms with Crippen LogP contribution < -0.4 is 5.32 Å². The zero-order valence-corrected chi connectivity index (χ0v) is 12.4. The fourth-order valence-electron chi connectivity index (χ4n) is 1.75. The SMILES string of the molecule is CCN(CCCNc1ccc([N+](=O)[O-])cc1)S(C)(=O)=O. The standard InChI is InChI=1S/C12H19N3O4S/c1-3-14(20(2,18)19)10-4-9-13-11-5-7-12(8-6-11)15(16)17/h5-8,13H,3-4,9-10H2,1-2H3. The van der Waals surface area contributed by atoms with Crippen molar-refractivity contribution in [2.75, 3.05) is 31.2 Å². The number of hydrogen-bond acceptors (Lipinski definition) is 5. The van der Waals surface area contributed by atoms with Crippen LogP contribution in [0.2, 0.25) is 0 Å². The smallest absolute Gasteiger partial charge is 0.269 e. The molecule has 0 aromatic heterocycles. The first-order valence-corrected chi connectivity index (χ1v) is 8.13. The molecule has 0 saturated carbocycles. The first-order chi connectivity index (χ1) is 9.34. The second-order valence-corrected chi connectivity index (χ2v) is 6.32. The summed E-state index contributed by atoms with van der Waals surface area (Å²) in [4.78, 5) is 10.0. The normalized spacial score (nSPS) is 11.6. The molecule has 1 aromatic carbocycles. The molecule has 112 valence electrons. The molecule has 7 nitrogen and oxygen atoms in total. The van der Waals surface area contributed by atoms with Crippen molar-refractivity contribution < 1.29 is 13.3 Å². The van der Waals surface area contributed by atoms with E-state index in [1.165, 1.54) is 22.7 Å². The maximum absolute atomic E-state index is 11.4. The van der Waals surface area contributed by atoms with E-state index in [-0.39, 0.29) is 5.69 Å². The molecule has 0 saturated heterocycles. The van der Waals surface area contributed by atoms with Crippen LogP contribution in [0.1, 0.15) is 13.3 Å². The van der Waals surface area contributed by atoms with Crippen LogP contribution in [0.3, 0.4) is 0 Å². The van der Waals surface area contributed by atoms with E-state index >= 15 is 0 Å². The van der Waals surface area contributed by atoms with Gasteiger partial charge in [0, 0.05) is 37.5 Å². The molecule has 20 heavy (non-hydrogen) atoms. The molecular weight excluding hydrogens is 282 g/mol. The van der Waals surface area contributed by atoms with Crippen molar-refractivity contribution in [1.29, 1.82) is 0 Å². The zero-order chi connectivity index (χ0) is 15.2. The molecule has 0 spiro atoms. The van der Waals surface area contributed by atoms with E-state index in [0.29, 0.717) is 26.1 Å². The van der Waals surface area contributed by atoms with Crippen LogP contribution in [-0.2, 0) is 10.0 Å². The summed E-state index contributed by atoms with van der Waals surface area (Å²) in [7, 11) is -3.14. The number of rotatable bonds is 8. The number of non-ortho nitro benzene ring substituents is 1. The maximum Gasteiger partial charge on any atom is 0.269 e. The Bertz CT molecular complexity index is 542. The highest BCUT2D eigenvalue weighted by Gasteiger charge is 2.13. The number of sulfonamides is 1. The molecule has 8 heteroatoms. The van der Waals surface area contributed by atoms with E-state index in [4.69, 9.17) is 0 Å². The Morgan fingerprint density at radius 3 is 2.35 bits per heavy atom. The molecule has 1 N–H and O–H groups in total. The highest BCUT2D eigenvalue weighted by atomic mass is 32.2. The van der Waals surface area contributed by atoms with Crippen LogP contribution >= 0.6 is 0 Å². The predicted molar refractivity (Wildman–Crippen MR) is 78.3 cm³/mol. The lowest BCUT2D eigenvalue weighted by Gasteiger charge is -2.17. The minimum absolute atomic E-state index is 0.0461. The quantitative estimate of drug-likeness (QED) is 0.448. The van der Waals surface area contributed by atoms with E-state index < -0.39 is 14.9 Å². The van der Waals surface area contributed by atoms with Gasteiger partial charge >= 0.3 is 0 Å². The van der Waals surface area contributed by atoms with Gasteiger partial charge in [-0.2, -0.15) is 0 Å². The molecule has 0 fully saturated rings. The predicted octanol–water partition coefficient (Wildman–Crippen LogP) is 1.68. The Kier molecular flexibility index (Phi) is 5.90. The van der Waals surface area contributed by atoms with Crippen LogP contribution in [0.5, 0.6) is 0 Å². The molecular formula is C12H19N3O4S. The summed E-state index contributed by atoms with van der Waals surface area (Å²) in [5.41, 5.74) is 0.822. The van der Waals surface area contributed by atoms with Gasteiger partial charge in [0.05, 0.1) is 11.2 Å². The molecule has 0 aliphatic heterocycles. The lowest BCUT2D eigenvalue weighted by molar-refractivity contribution is -0.384. The highest BCUT2D eigenvalue weighted by Crippen LogP contribution is 2.15. The van der Waals surface area contributed by atoms with E-state index in [2.05, 4.69) is 5.32 Å². The number of nitro groups is 1. The first-order valence-electron chi connectivity index (χ1n) is 6.28. The number of nitro benzene ring substituents is 1. The van der Waals surface area contributed by atoms with Crippen LogP contribution in [0.25, 0.3) is 0 Å². The van der Waals surface area contributed by atoms with Gasteiger partial charge in [0.2, 0.25) is 10.0 Å². The van der Waals surface area contributed by atoms with Crippen LogP contribution in [0.4, 0.5) is 11.4 Å². The van der Waals surface area contributed by atoms with E-state index in [1.807, 2.05) is 0 Å². The summed E-state index contributed by atoms with van der Waals surface area (Å²) >= 11 is 0. The Morgan fingerprint density at radius 1 is 1.30 bits per heavy atom. The molecule has 1 rings (SSSR count). The van der Waals surface area contributed by atoms with Crippen LogP contribution in [0.15, 0.2) is 24.3 Å². The Balaban J connectivity index is 2.39. The Labute approximate surface area is 118 Å². The minimum atomic E-state index is -3.14. The van der Waals surface area contributed by atoms with Gasteiger partial charge in [-0.3, -0.25) is 10.1 Å². The van der Waals surface area contributed by atoms with E-state index in [0.717, 1.165) is 5.69 Å². The van der Waals surface area contributed by atoms with Gasteiger partial charge in [0.1, 0.15) is 0 Å². The number of nitrogens with one attached hydrogen (secondary N) is 1. The molecule has 0 bridgehead atoms. The lowest BCUT2D eigenvalue weighted by atomic mass is 10.3. The highest BCUT2D eigenvalue weighted by molar-refractivity contribution is 7.88. The van der Waals surface area contributed by atoms with Gasteiger partial charge in [-0.25, -0.2) is 12.7 Å². The van der Waals surface area contributed by atoms with Crippen molar-refractivity contribution in [2.45, 2.75) is 13.3 Å². The fraction of sp³-hybridized carbons (Fsp3) is 0.500. The largest absolute Gasteiger partial charge is 0.385 e. The van der Waals surface area contributed by atoms with Gasteiger partial charge in [0.15, 0.2) is 0 Å². The van der Waals surface area contributed by atoms with E-state index in [9.17, 15) is 18.5 Å². The number of hydrogen-bond donors (Lipinski definition) is 1. The number of anilines is 1. The minimum Gasteiger partial charge on any atom is -0.385 e. The second-order valence-electron chi connectivity index (χ2n) is 4.34. The summed E-state index contributed by atoms with van der Waals surface area (Å²) in [6.07, 6.45) is 1.86. The van der Waals surface area contributed by atoms with Gasteiger partial charge < -0.3 is 5.32 Å². The molecule has 0 atom stereocenters. The van der Waals surface area contributed by atoms with Crippen molar-refractivity contribution in [2.24, 2.45) is 0 Å². The van der Waals surface area contributed by atoms with Crippen LogP contribution in [-0.4, -0.2) is 43.5 Å². The van der Waals surface area contributed by atoms with Crippen molar-refractivity contribution in [1.82, 2.24) is 4.31 Å². The molecule has 0 amide bonds. The molecule has 0 aliphatic rings. The zero-order valence-electron chi connectivity index (χ0n) is 11.6. The summed E-state index contributed by atoms with van der Waals surface area (Å²) in [5.74, 6) is 0.